The smallest absolute Gasteiger partial charge is 0.315 e. The van der Waals surface area contributed by atoms with Crippen LogP contribution in [-0.2, 0) is 22.5 Å². The molecule has 0 fully saturated rings. The molecule has 0 amide bonds. The number of carbonyl (C=O) groups excluding carboxylic acids is 1. The first-order chi connectivity index (χ1) is 11.5. The van der Waals surface area contributed by atoms with E-state index in [1.54, 1.807) is 0 Å². The van der Waals surface area contributed by atoms with E-state index in [0.29, 0.717) is 18.6 Å². The monoisotopic (exact) mass is 333 g/mol. The highest BCUT2D eigenvalue weighted by Crippen LogP contribution is 2.17. The van der Waals surface area contributed by atoms with Crippen molar-refractivity contribution < 1.29 is 29.9 Å². The predicted molar refractivity (Wildman–Crippen MR) is 83.6 cm³/mol. The second kappa shape index (κ2) is 8.99. The zero-order chi connectivity index (χ0) is 17.4. The summed E-state index contributed by atoms with van der Waals surface area (Å²) in [5.74, 6) is 0.116. The minimum absolute atomic E-state index is 0.112. The lowest BCUT2D eigenvalue weighted by Crippen LogP contribution is -2.15. The molecule has 3 N–H and O–H groups in total. The third-order valence-corrected chi connectivity index (χ3v) is 3.26. The standard InChI is InChI=1S/C17H19NO6/c19-15-7-9-16(10-8-15)24-17(20)12-14-5-3-13(4-6-14)2-1-11-23-18(21)22/h3-10,19,21-22H,1-2,11-12H2. The molecule has 0 aliphatic rings. The number of hydrogen-bond donors (Lipinski definition) is 3. The molecular weight excluding hydrogens is 314 g/mol. The summed E-state index contributed by atoms with van der Waals surface area (Å²) in [5.41, 5.74) is 1.88. The lowest BCUT2D eigenvalue weighted by Gasteiger charge is -2.07. The zero-order valence-corrected chi connectivity index (χ0v) is 13.0. The van der Waals surface area contributed by atoms with E-state index in [1.165, 1.54) is 24.3 Å². The van der Waals surface area contributed by atoms with Gasteiger partial charge in [0.15, 0.2) is 0 Å². The van der Waals surface area contributed by atoms with Crippen LogP contribution in [0.5, 0.6) is 11.5 Å². The number of nitrogens with zero attached hydrogens (tertiary/aromatic N) is 1. The summed E-state index contributed by atoms with van der Waals surface area (Å²) in [6, 6.07) is 13.5. The molecule has 0 bridgehead atoms. The average Bonchev–Trinajstić information content (AvgIpc) is 2.55. The number of ether oxygens (including phenoxy) is 1. The Bertz CT molecular complexity index is 639. The van der Waals surface area contributed by atoms with E-state index < -0.39 is 0 Å². The van der Waals surface area contributed by atoms with Crippen molar-refractivity contribution in [3.8, 4) is 11.5 Å². The van der Waals surface area contributed by atoms with Gasteiger partial charge in [-0.1, -0.05) is 24.3 Å². The number of phenols is 1. The van der Waals surface area contributed by atoms with Crippen molar-refractivity contribution in [2.45, 2.75) is 19.3 Å². The average molecular weight is 333 g/mol. The molecule has 0 saturated heterocycles. The van der Waals surface area contributed by atoms with Crippen molar-refractivity contribution in [1.29, 1.82) is 0 Å². The highest BCUT2D eigenvalue weighted by atomic mass is 17.1. The predicted octanol–water partition coefficient (Wildman–Crippen LogP) is 2.48. The molecule has 0 radical (unpaired) electrons. The van der Waals surface area contributed by atoms with Crippen molar-refractivity contribution in [3.05, 3.63) is 59.7 Å². The number of carbonyl (C=O) groups is 1. The molecule has 7 nitrogen and oxygen atoms in total. The molecule has 0 aliphatic carbocycles. The quantitative estimate of drug-likeness (QED) is 0.295. The van der Waals surface area contributed by atoms with Crippen LogP contribution in [0, 0.1) is 0 Å². The Balaban J connectivity index is 1.78. The second-order valence-corrected chi connectivity index (χ2v) is 5.15. The molecule has 2 aromatic carbocycles. The topological polar surface area (TPSA) is 99.5 Å². The molecule has 0 heterocycles. The Hall–Kier alpha value is -2.45. The largest absolute Gasteiger partial charge is 0.508 e. The van der Waals surface area contributed by atoms with Gasteiger partial charge in [0.05, 0.1) is 18.4 Å². The van der Waals surface area contributed by atoms with Gasteiger partial charge in [0.1, 0.15) is 11.5 Å². The van der Waals surface area contributed by atoms with E-state index in [9.17, 15) is 9.90 Å². The SMILES string of the molecule is O=C(Cc1ccc(CCCON(O)O)cc1)Oc1ccc(O)cc1. The van der Waals surface area contributed by atoms with Gasteiger partial charge in [0.2, 0.25) is 0 Å². The molecule has 2 rings (SSSR count). The van der Waals surface area contributed by atoms with Gasteiger partial charge in [-0.3, -0.25) is 20.0 Å². The van der Waals surface area contributed by atoms with Gasteiger partial charge >= 0.3 is 5.97 Å². The van der Waals surface area contributed by atoms with Gasteiger partial charge in [-0.2, -0.15) is 0 Å². The fraction of sp³-hybridized carbons (Fsp3) is 0.235. The van der Waals surface area contributed by atoms with Crippen LogP contribution in [0.3, 0.4) is 0 Å². The third kappa shape index (κ3) is 6.35. The molecule has 0 spiro atoms. The Morgan fingerprint density at radius 1 is 0.958 bits per heavy atom. The maximum atomic E-state index is 11.9. The van der Waals surface area contributed by atoms with E-state index in [-0.39, 0.29) is 30.1 Å². The Morgan fingerprint density at radius 2 is 1.58 bits per heavy atom. The molecule has 0 atom stereocenters. The molecule has 0 unspecified atom stereocenters. The van der Waals surface area contributed by atoms with Crippen LogP contribution in [-0.4, -0.2) is 33.5 Å². The number of hydrogen-bond acceptors (Lipinski definition) is 7. The Kier molecular flexibility index (Phi) is 6.71. The number of aryl methyl sites for hydroxylation is 1. The number of benzene rings is 2. The highest BCUT2D eigenvalue weighted by molar-refractivity contribution is 5.75. The normalized spacial score (nSPS) is 10.8. The number of esters is 1. The van der Waals surface area contributed by atoms with E-state index >= 15 is 0 Å². The zero-order valence-electron chi connectivity index (χ0n) is 13.0. The van der Waals surface area contributed by atoms with E-state index in [4.69, 9.17) is 15.2 Å². The number of rotatable bonds is 8. The highest BCUT2D eigenvalue weighted by Gasteiger charge is 2.07. The van der Waals surface area contributed by atoms with Crippen molar-refractivity contribution in [1.82, 2.24) is 5.39 Å². The van der Waals surface area contributed by atoms with Gasteiger partial charge in [0, 0.05) is 0 Å². The Morgan fingerprint density at radius 3 is 2.21 bits per heavy atom. The van der Waals surface area contributed by atoms with Crippen LogP contribution in [0.15, 0.2) is 48.5 Å². The molecular formula is C17H19NO6. The molecule has 7 heteroatoms. The lowest BCUT2D eigenvalue weighted by atomic mass is 10.1. The summed E-state index contributed by atoms with van der Waals surface area (Å²) < 4.78 is 5.19. The fourth-order valence-corrected chi connectivity index (χ4v) is 2.09. The molecule has 24 heavy (non-hydrogen) atoms. The summed E-state index contributed by atoms with van der Waals surface area (Å²) >= 11 is 0. The van der Waals surface area contributed by atoms with Gasteiger partial charge in [-0.25, -0.2) is 0 Å². The van der Waals surface area contributed by atoms with Crippen LogP contribution >= 0.6 is 0 Å². The summed E-state index contributed by atoms with van der Waals surface area (Å²) in [6.45, 7) is 0.188. The maximum absolute atomic E-state index is 11.9. The second-order valence-electron chi connectivity index (χ2n) is 5.15. The van der Waals surface area contributed by atoms with Crippen molar-refractivity contribution in [2.24, 2.45) is 0 Å². The van der Waals surface area contributed by atoms with Crippen molar-refractivity contribution in [2.75, 3.05) is 6.61 Å². The summed E-state index contributed by atoms with van der Waals surface area (Å²) in [5, 5.41) is 25.7. The summed E-state index contributed by atoms with van der Waals surface area (Å²) in [6.07, 6.45) is 1.49. The van der Waals surface area contributed by atoms with E-state index in [2.05, 4.69) is 4.84 Å². The van der Waals surface area contributed by atoms with Crippen LogP contribution in [0.1, 0.15) is 17.5 Å². The molecule has 0 saturated carbocycles. The molecule has 0 aromatic heterocycles. The first-order valence-corrected chi connectivity index (χ1v) is 7.41. The van der Waals surface area contributed by atoms with Gasteiger partial charge in [-0.05, 0) is 48.2 Å². The van der Waals surface area contributed by atoms with Gasteiger partial charge < -0.3 is 9.84 Å². The first kappa shape index (κ1) is 17.9. The minimum Gasteiger partial charge on any atom is -0.508 e. The third-order valence-electron chi connectivity index (χ3n) is 3.26. The minimum atomic E-state index is -0.382. The van der Waals surface area contributed by atoms with Crippen LogP contribution < -0.4 is 4.74 Å². The molecule has 0 aliphatic heterocycles. The van der Waals surface area contributed by atoms with Crippen LogP contribution in [0.25, 0.3) is 0 Å². The summed E-state index contributed by atoms with van der Waals surface area (Å²) in [4.78, 5) is 16.3. The maximum Gasteiger partial charge on any atom is 0.315 e. The first-order valence-electron chi connectivity index (χ1n) is 7.41. The summed E-state index contributed by atoms with van der Waals surface area (Å²) in [7, 11) is 0. The number of aromatic hydroxyl groups is 1. The van der Waals surface area contributed by atoms with Crippen LogP contribution in [0.4, 0.5) is 0 Å². The lowest BCUT2D eigenvalue weighted by molar-refractivity contribution is -0.492. The number of phenolic OH excluding ortho intramolecular Hbond substituents is 1. The van der Waals surface area contributed by atoms with Gasteiger partial charge in [0.25, 0.3) is 0 Å². The fourth-order valence-electron chi connectivity index (χ4n) is 2.09. The van der Waals surface area contributed by atoms with Crippen LogP contribution in [0.2, 0.25) is 0 Å². The molecule has 2 aromatic rings. The van der Waals surface area contributed by atoms with E-state index in [0.717, 1.165) is 11.1 Å². The van der Waals surface area contributed by atoms with Gasteiger partial charge in [-0.15, -0.1) is 0 Å². The van der Waals surface area contributed by atoms with E-state index in [1.807, 2.05) is 24.3 Å². The van der Waals surface area contributed by atoms with Crippen molar-refractivity contribution >= 4 is 5.97 Å². The Labute approximate surface area is 139 Å². The molecule has 128 valence electrons. The van der Waals surface area contributed by atoms with Crippen molar-refractivity contribution in [3.63, 3.8) is 0 Å².